The molecule has 0 aliphatic carbocycles. The van der Waals surface area contributed by atoms with Crippen LogP contribution in [0.1, 0.15) is 29.6 Å². The molecule has 2 fully saturated rings. The lowest BCUT2D eigenvalue weighted by molar-refractivity contribution is 0.0900. The van der Waals surface area contributed by atoms with Crippen molar-refractivity contribution in [1.29, 1.82) is 0 Å². The minimum Gasteiger partial charge on any atom is -0.347 e. The van der Waals surface area contributed by atoms with Crippen molar-refractivity contribution in [2.24, 2.45) is 0 Å². The molecule has 2 saturated heterocycles. The van der Waals surface area contributed by atoms with Gasteiger partial charge in [-0.15, -0.1) is 6.42 Å². The van der Waals surface area contributed by atoms with Crippen molar-refractivity contribution < 1.29 is 21.6 Å². The monoisotopic (exact) mass is 439 g/mol. The quantitative estimate of drug-likeness (QED) is 0.603. The van der Waals surface area contributed by atoms with E-state index in [2.05, 4.69) is 20.9 Å². The van der Waals surface area contributed by atoms with Gasteiger partial charge in [0.1, 0.15) is 0 Å². The van der Waals surface area contributed by atoms with Crippen LogP contribution in [-0.4, -0.2) is 70.9 Å². The molecule has 3 rings (SSSR count). The van der Waals surface area contributed by atoms with E-state index in [1.54, 1.807) is 0 Å². The summed E-state index contributed by atoms with van der Waals surface area (Å²) in [5.41, 5.74) is 0.266. The number of sulfonamides is 1. The van der Waals surface area contributed by atoms with Crippen LogP contribution < -0.4 is 10.0 Å². The highest BCUT2D eigenvalue weighted by Crippen LogP contribution is 2.23. The number of likely N-dealkylation sites (tertiary alicyclic amines) is 1. The highest BCUT2D eigenvalue weighted by atomic mass is 32.2. The molecule has 2 aliphatic rings. The Kier molecular flexibility index (Phi) is 6.63. The number of terminal acetylenes is 1. The molecule has 2 N–H and O–H groups in total. The molecule has 0 spiro atoms. The Hall–Kier alpha value is -1.93. The fourth-order valence-corrected chi connectivity index (χ4v) is 6.72. The van der Waals surface area contributed by atoms with Gasteiger partial charge in [0.05, 0.1) is 29.0 Å². The molecule has 2 unspecified atom stereocenters. The number of hydrogen-bond donors (Lipinski definition) is 2. The summed E-state index contributed by atoms with van der Waals surface area (Å²) in [5.74, 6) is 1.74. The molecule has 2 atom stereocenters. The maximum Gasteiger partial charge on any atom is 0.251 e. The number of sulfone groups is 1. The van der Waals surface area contributed by atoms with Crippen molar-refractivity contribution in [3.63, 3.8) is 0 Å². The van der Waals surface area contributed by atoms with Crippen molar-refractivity contribution in [3.05, 3.63) is 29.8 Å². The Morgan fingerprint density at radius 3 is 2.41 bits per heavy atom. The van der Waals surface area contributed by atoms with Crippen LogP contribution in [0.4, 0.5) is 0 Å². The van der Waals surface area contributed by atoms with Crippen LogP contribution in [0.15, 0.2) is 29.2 Å². The fraction of sp³-hybridized carbons (Fsp3) is 0.526. The third-order valence-corrected chi connectivity index (χ3v) is 8.42. The van der Waals surface area contributed by atoms with E-state index < -0.39 is 31.8 Å². The smallest absolute Gasteiger partial charge is 0.251 e. The molecule has 0 bridgehead atoms. The van der Waals surface area contributed by atoms with Gasteiger partial charge in [-0.05, 0) is 50.2 Å². The average molecular weight is 440 g/mol. The van der Waals surface area contributed by atoms with E-state index in [0.29, 0.717) is 0 Å². The van der Waals surface area contributed by atoms with Crippen LogP contribution >= 0.6 is 0 Å². The van der Waals surface area contributed by atoms with Crippen LogP contribution in [0.5, 0.6) is 0 Å². The summed E-state index contributed by atoms with van der Waals surface area (Å²) in [4.78, 5) is 14.8. The van der Waals surface area contributed by atoms with Crippen LogP contribution in [0.3, 0.4) is 0 Å². The summed E-state index contributed by atoms with van der Waals surface area (Å²) in [6.45, 7) is 1.55. The number of piperidine rings is 1. The highest BCUT2D eigenvalue weighted by molar-refractivity contribution is 7.91. The van der Waals surface area contributed by atoms with Crippen molar-refractivity contribution >= 4 is 25.8 Å². The van der Waals surface area contributed by atoms with Crippen molar-refractivity contribution in [2.45, 2.75) is 36.2 Å². The number of nitrogens with zero attached hydrogens (tertiary/aromatic N) is 1. The van der Waals surface area contributed by atoms with Gasteiger partial charge in [0.2, 0.25) is 10.0 Å². The highest BCUT2D eigenvalue weighted by Gasteiger charge is 2.42. The van der Waals surface area contributed by atoms with Gasteiger partial charge in [0.25, 0.3) is 5.91 Å². The predicted molar refractivity (Wildman–Crippen MR) is 110 cm³/mol. The van der Waals surface area contributed by atoms with E-state index >= 15 is 0 Å². The number of amides is 1. The Labute approximate surface area is 172 Å². The first-order valence-corrected chi connectivity index (χ1v) is 12.8. The first kappa shape index (κ1) is 21.8. The number of benzene rings is 1. The van der Waals surface area contributed by atoms with E-state index in [9.17, 15) is 21.6 Å². The molecule has 2 aliphatic heterocycles. The molecule has 1 aromatic carbocycles. The first-order chi connectivity index (χ1) is 13.7. The lowest BCUT2D eigenvalue weighted by atomic mass is 10.0. The van der Waals surface area contributed by atoms with Gasteiger partial charge in [-0.1, -0.05) is 12.3 Å². The van der Waals surface area contributed by atoms with Crippen molar-refractivity contribution in [1.82, 2.24) is 14.9 Å². The molecule has 1 aromatic rings. The average Bonchev–Trinajstić information content (AvgIpc) is 3.01. The minimum atomic E-state index is -3.74. The lowest BCUT2D eigenvalue weighted by Gasteiger charge is -2.35. The van der Waals surface area contributed by atoms with Crippen LogP contribution in [0.25, 0.3) is 0 Å². The third-order valence-electron chi connectivity index (χ3n) is 5.29. The molecular weight excluding hydrogens is 414 g/mol. The number of rotatable bonds is 6. The molecule has 0 radical (unpaired) electrons. The van der Waals surface area contributed by atoms with E-state index in [-0.39, 0.29) is 34.6 Å². The molecule has 0 saturated carbocycles. The van der Waals surface area contributed by atoms with Gasteiger partial charge >= 0.3 is 0 Å². The van der Waals surface area contributed by atoms with Gasteiger partial charge in [0, 0.05) is 11.6 Å². The second kappa shape index (κ2) is 8.83. The van der Waals surface area contributed by atoms with Crippen molar-refractivity contribution in [3.8, 4) is 12.3 Å². The molecule has 1 amide bonds. The molecule has 8 nitrogen and oxygen atoms in total. The summed E-state index contributed by atoms with van der Waals surface area (Å²) < 4.78 is 50.7. The summed E-state index contributed by atoms with van der Waals surface area (Å²) in [5, 5.41) is 2.84. The van der Waals surface area contributed by atoms with E-state index in [0.717, 1.165) is 32.4 Å². The minimum absolute atomic E-state index is 0.000984. The zero-order chi connectivity index (χ0) is 21.1. The molecule has 29 heavy (non-hydrogen) atoms. The van der Waals surface area contributed by atoms with Crippen LogP contribution in [0, 0.1) is 12.3 Å². The molecule has 2 heterocycles. The lowest BCUT2D eigenvalue weighted by Crippen LogP contribution is -2.52. The number of carbonyl (C=O) groups is 1. The fourth-order valence-electron chi connectivity index (χ4n) is 3.83. The summed E-state index contributed by atoms with van der Waals surface area (Å²) in [7, 11) is -6.95. The van der Waals surface area contributed by atoms with Gasteiger partial charge in [-0.3, -0.25) is 9.69 Å². The van der Waals surface area contributed by atoms with Crippen molar-refractivity contribution in [2.75, 3.05) is 31.1 Å². The van der Waals surface area contributed by atoms with E-state index in [4.69, 9.17) is 6.42 Å². The number of hydrogen-bond acceptors (Lipinski definition) is 6. The Bertz CT molecular complexity index is 991. The van der Waals surface area contributed by atoms with Crippen LogP contribution in [-0.2, 0) is 19.9 Å². The third kappa shape index (κ3) is 5.36. The standard InChI is InChI=1S/C19H25N3O5S2/c1-2-10-20-29(26,27)16-8-6-15(7-9-16)19(23)21-17-13-28(24,25)14-18(17)22-11-4-3-5-12-22/h1,6-9,17-18,20H,3-5,10-14H2,(H,21,23). The van der Waals surface area contributed by atoms with Gasteiger partial charge in [0.15, 0.2) is 9.84 Å². The SMILES string of the molecule is C#CCNS(=O)(=O)c1ccc(C(=O)NC2CS(=O)(=O)CC2N2CCCCC2)cc1. The summed E-state index contributed by atoms with van der Waals surface area (Å²) in [6, 6.07) is 4.74. The maximum atomic E-state index is 12.7. The van der Waals surface area contributed by atoms with Gasteiger partial charge in [-0.25, -0.2) is 16.8 Å². The Morgan fingerprint density at radius 1 is 1.14 bits per heavy atom. The zero-order valence-electron chi connectivity index (χ0n) is 16.0. The van der Waals surface area contributed by atoms with E-state index in [1.807, 2.05) is 0 Å². The van der Waals surface area contributed by atoms with Crippen LogP contribution in [0.2, 0.25) is 0 Å². The largest absolute Gasteiger partial charge is 0.347 e. The summed E-state index contributed by atoms with van der Waals surface area (Å²) >= 11 is 0. The number of nitrogens with one attached hydrogen (secondary N) is 2. The molecule has 10 heteroatoms. The molecule has 0 aromatic heterocycles. The second-order valence-electron chi connectivity index (χ2n) is 7.37. The van der Waals surface area contributed by atoms with Gasteiger partial charge in [-0.2, -0.15) is 4.72 Å². The second-order valence-corrected chi connectivity index (χ2v) is 11.3. The summed E-state index contributed by atoms with van der Waals surface area (Å²) in [6.07, 6.45) is 8.26. The molecular formula is C19H25N3O5S2. The first-order valence-electron chi connectivity index (χ1n) is 9.50. The van der Waals surface area contributed by atoms with E-state index in [1.165, 1.54) is 24.3 Å². The normalized spacial score (nSPS) is 24.7. The Balaban J connectivity index is 1.70. The molecule has 158 valence electrons. The van der Waals surface area contributed by atoms with Gasteiger partial charge < -0.3 is 5.32 Å². The number of carbonyl (C=O) groups excluding carboxylic acids is 1. The zero-order valence-corrected chi connectivity index (χ0v) is 17.6. The maximum absolute atomic E-state index is 12.7. The topological polar surface area (TPSA) is 113 Å². The Morgan fingerprint density at radius 2 is 1.79 bits per heavy atom. The predicted octanol–water partition coefficient (Wildman–Crippen LogP) is -0.0206.